The zero-order chi connectivity index (χ0) is 14.4. The molecule has 1 saturated carbocycles. The van der Waals surface area contributed by atoms with E-state index >= 15 is 0 Å². The first-order chi connectivity index (χ1) is 8.90. The van der Waals surface area contributed by atoms with E-state index in [4.69, 9.17) is 5.11 Å². The number of aliphatic carboxylic acids is 1. The summed E-state index contributed by atoms with van der Waals surface area (Å²) in [6, 6.07) is -0.188. The first kappa shape index (κ1) is 15.8. The number of carboxylic acids is 1. The molecule has 110 valence electrons. The summed E-state index contributed by atoms with van der Waals surface area (Å²) in [4.78, 5) is 26.6. The van der Waals surface area contributed by atoms with E-state index < -0.39 is 5.97 Å². The Labute approximate surface area is 114 Å². The van der Waals surface area contributed by atoms with Crippen molar-refractivity contribution in [2.45, 2.75) is 44.7 Å². The number of nitrogens with zero attached hydrogens (tertiary/aromatic N) is 2. The molecule has 1 aliphatic carbocycles. The van der Waals surface area contributed by atoms with Crippen molar-refractivity contribution in [1.29, 1.82) is 0 Å². The lowest BCUT2D eigenvalue weighted by atomic mass is 10.2. The molecule has 1 fully saturated rings. The summed E-state index contributed by atoms with van der Waals surface area (Å²) in [6.45, 7) is 2.44. The molecule has 2 amide bonds. The molecule has 1 rings (SSSR count). The van der Waals surface area contributed by atoms with Gasteiger partial charge in [0.2, 0.25) is 0 Å². The minimum absolute atomic E-state index is 0.000183. The van der Waals surface area contributed by atoms with E-state index in [0.29, 0.717) is 0 Å². The van der Waals surface area contributed by atoms with Crippen LogP contribution in [0, 0.1) is 0 Å². The van der Waals surface area contributed by atoms with Gasteiger partial charge in [-0.05, 0) is 33.9 Å². The molecule has 0 bridgehead atoms. The van der Waals surface area contributed by atoms with Crippen molar-refractivity contribution < 1.29 is 14.7 Å². The highest BCUT2D eigenvalue weighted by Gasteiger charge is 2.28. The van der Waals surface area contributed by atoms with Crippen LogP contribution < -0.4 is 5.32 Å². The Bertz CT molecular complexity index is 314. The minimum atomic E-state index is -0.956. The summed E-state index contributed by atoms with van der Waals surface area (Å²) in [7, 11) is 3.88. The normalized spacial score (nSPS) is 17.5. The van der Waals surface area contributed by atoms with E-state index in [1.807, 2.05) is 25.9 Å². The van der Waals surface area contributed by atoms with Crippen molar-refractivity contribution >= 4 is 12.0 Å². The number of hydrogen-bond acceptors (Lipinski definition) is 3. The molecule has 6 heteroatoms. The molecule has 0 heterocycles. The summed E-state index contributed by atoms with van der Waals surface area (Å²) in [5.74, 6) is -0.956. The van der Waals surface area contributed by atoms with E-state index in [-0.39, 0.29) is 24.7 Å². The van der Waals surface area contributed by atoms with Gasteiger partial charge in [-0.15, -0.1) is 0 Å². The van der Waals surface area contributed by atoms with Crippen LogP contribution in [0.25, 0.3) is 0 Å². The molecule has 6 nitrogen and oxygen atoms in total. The van der Waals surface area contributed by atoms with Crippen molar-refractivity contribution in [3.63, 3.8) is 0 Å². The number of amides is 2. The van der Waals surface area contributed by atoms with Crippen LogP contribution in [0.4, 0.5) is 4.79 Å². The van der Waals surface area contributed by atoms with Gasteiger partial charge in [0, 0.05) is 18.6 Å². The van der Waals surface area contributed by atoms with Crippen LogP contribution in [0.1, 0.15) is 32.6 Å². The predicted molar refractivity (Wildman–Crippen MR) is 73.1 cm³/mol. The smallest absolute Gasteiger partial charge is 0.323 e. The second-order valence-corrected chi connectivity index (χ2v) is 5.57. The summed E-state index contributed by atoms with van der Waals surface area (Å²) < 4.78 is 0. The molecule has 0 aromatic heterocycles. The highest BCUT2D eigenvalue weighted by Crippen LogP contribution is 2.23. The number of carboxylic acid groups (broad SMARTS) is 1. The van der Waals surface area contributed by atoms with Crippen molar-refractivity contribution in [3.8, 4) is 0 Å². The molecule has 0 aromatic carbocycles. The van der Waals surface area contributed by atoms with Gasteiger partial charge in [0.25, 0.3) is 0 Å². The molecule has 0 radical (unpaired) electrons. The predicted octanol–water partition coefficient (Wildman–Crippen LogP) is 0.975. The lowest BCUT2D eigenvalue weighted by Crippen LogP contribution is -2.51. The largest absolute Gasteiger partial charge is 0.480 e. The third-order valence-corrected chi connectivity index (χ3v) is 3.34. The van der Waals surface area contributed by atoms with Crippen molar-refractivity contribution in [1.82, 2.24) is 15.1 Å². The number of urea groups is 1. The van der Waals surface area contributed by atoms with Gasteiger partial charge >= 0.3 is 12.0 Å². The highest BCUT2D eigenvalue weighted by molar-refractivity contribution is 5.80. The van der Waals surface area contributed by atoms with Gasteiger partial charge in [0.05, 0.1) is 0 Å². The number of hydrogen-bond donors (Lipinski definition) is 2. The zero-order valence-electron chi connectivity index (χ0n) is 12.1. The van der Waals surface area contributed by atoms with E-state index in [9.17, 15) is 9.59 Å². The lowest BCUT2D eigenvalue weighted by molar-refractivity contribution is -0.138. The Morgan fingerprint density at radius 1 is 1.32 bits per heavy atom. The van der Waals surface area contributed by atoms with E-state index in [1.54, 1.807) is 0 Å². The fraction of sp³-hybridized carbons (Fsp3) is 0.846. The molecular weight excluding hydrogens is 246 g/mol. The first-order valence-corrected chi connectivity index (χ1v) is 6.83. The Morgan fingerprint density at radius 2 is 1.89 bits per heavy atom. The second-order valence-electron chi connectivity index (χ2n) is 5.57. The molecule has 2 N–H and O–H groups in total. The van der Waals surface area contributed by atoms with Gasteiger partial charge in [-0.2, -0.15) is 0 Å². The summed E-state index contributed by atoms with van der Waals surface area (Å²) in [5.41, 5.74) is 0. The topological polar surface area (TPSA) is 72.9 Å². The quantitative estimate of drug-likeness (QED) is 0.755. The number of rotatable bonds is 6. The van der Waals surface area contributed by atoms with Gasteiger partial charge in [0.15, 0.2) is 0 Å². The monoisotopic (exact) mass is 271 g/mol. The van der Waals surface area contributed by atoms with E-state index in [1.165, 1.54) is 4.90 Å². The molecule has 0 aromatic rings. The van der Waals surface area contributed by atoms with Crippen LogP contribution in [-0.2, 0) is 4.79 Å². The van der Waals surface area contributed by atoms with Crippen molar-refractivity contribution in [2.75, 3.05) is 27.2 Å². The third-order valence-electron chi connectivity index (χ3n) is 3.34. The fourth-order valence-electron chi connectivity index (χ4n) is 2.62. The summed E-state index contributed by atoms with van der Waals surface area (Å²) >= 11 is 0. The van der Waals surface area contributed by atoms with Crippen LogP contribution in [0.3, 0.4) is 0 Å². The Morgan fingerprint density at radius 3 is 2.37 bits per heavy atom. The molecule has 19 heavy (non-hydrogen) atoms. The average molecular weight is 271 g/mol. The minimum Gasteiger partial charge on any atom is -0.480 e. The number of carbonyl (C=O) groups is 2. The van der Waals surface area contributed by atoms with Gasteiger partial charge in [-0.3, -0.25) is 4.79 Å². The maximum absolute atomic E-state index is 12.2. The second kappa shape index (κ2) is 7.33. The van der Waals surface area contributed by atoms with Crippen LogP contribution in [0.2, 0.25) is 0 Å². The SMILES string of the molecule is CC(CN(C)C)NC(=O)N(CC(=O)O)C1CCCC1. The number of carbonyl (C=O) groups excluding carboxylic acids is 1. The van der Waals surface area contributed by atoms with Crippen LogP contribution >= 0.6 is 0 Å². The van der Waals surface area contributed by atoms with E-state index in [0.717, 1.165) is 32.2 Å². The molecular formula is C13H25N3O3. The maximum atomic E-state index is 12.2. The highest BCUT2D eigenvalue weighted by atomic mass is 16.4. The number of nitrogens with one attached hydrogen (secondary N) is 1. The number of likely N-dealkylation sites (N-methyl/N-ethyl adjacent to an activating group) is 1. The zero-order valence-corrected chi connectivity index (χ0v) is 12.1. The maximum Gasteiger partial charge on any atom is 0.323 e. The Hall–Kier alpha value is -1.30. The van der Waals surface area contributed by atoms with E-state index in [2.05, 4.69) is 5.32 Å². The van der Waals surface area contributed by atoms with Crippen LogP contribution in [0.5, 0.6) is 0 Å². The van der Waals surface area contributed by atoms with Gasteiger partial charge in [-0.1, -0.05) is 12.8 Å². The van der Waals surface area contributed by atoms with Gasteiger partial charge < -0.3 is 20.2 Å². The molecule has 1 unspecified atom stereocenters. The standard InChI is InChI=1S/C13H25N3O3/c1-10(8-15(2)3)14-13(19)16(9-12(17)18)11-6-4-5-7-11/h10-11H,4-9H2,1-3H3,(H,14,19)(H,17,18). The molecule has 0 saturated heterocycles. The van der Waals surface area contributed by atoms with Gasteiger partial charge in [-0.25, -0.2) is 4.79 Å². The fourth-order valence-corrected chi connectivity index (χ4v) is 2.62. The molecule has 0 spiro atoms. The molecule has 1 aliphatic rings. The van der Waals surface area contributed by atoms with Crippen LogP contribution in [0.15, 0.2) is 0 Å². The lowest BCUT2D eigenvalue weighted by Gasteiger charge is -2.29. The van der Waals surface area contributed by atoms with Crippen molar-refractivity contribution in [2.24, 2.45) is 0 Å². The average Bonchev–Trinajstić information content (AvgIpc) is 2.77. The molecule has 1 atom stereocenters. The van der Waals surface area contributed by atoms with Crippen LogP contribution in [-0.4, -0.2) is 66.2 Å². The van der Waals surface area contributed by atoms with Crippen molar-refractivity contribution in [3.05, 3.63) is 0 Å². The Kier molecular flexibility index (Phi) is 6.08. The summed E-state index contributed by atoms with van der Waals surface area (Å²) in [5, 5.41) is 11.8. The Balaban J connectivity index is 2.57. The molecule has 0 aliphatic heterocycles. The van der Waals surface area contributed by atoms with Gasteiger partial charge in [0.1, 0.15) is 6.54 Å². The third kappa shape index (κ3) is 5.46. The summed E-state index contributed by atoms with van der Waals surface area (Å²) in [6.07, 6.45) is 3.95. The first-order valence-electron chi connectivity index (χ1n) is 6.83.